The molecule has 0 atom stereocenters. The van der Waals surface area contributed by atoms with Gasteiger partial charge in [-0.3, -0.25) is 4.79 Å². The number of rotatable bonds is 2. The summed E-state index contributed by atoms with van der Waals surface area (Å²) in [6.07, 6.45) is 7.55. The highest BCUT2D eigenvalue weighted by molar-refractivity contribution is 5.91. The molecule has 0 saturated carbocycles. The van der Waals surface area contributed by atoms with Gasteiger partial charge in [0.05, 0.1) is 0 Å². The quantitative estimate of drug-likeness (QED) is 0.521. The van der Waals surface area contributed by atoms with Gasteiger partial charge in [-0.15, -0.1) is 0 Å². The van der Waals surface area contributed by atoms with Crippen LogP contribution in [0.25, 0.3) is 0 Å². The van der Waals surface area contributed by atoms with E-state index >= 15 is 0 Å². The number of carbonyl (C=O) groups excluding carboxylic acids is 2. The van der Waals surface area contributed by atoms with E-state index in [1.807, 2.05) is 12.0 Å². The third-order valence-electron chi connectivity index (χ3n) is 1.94. The minimum absolute atomic E-state index is 0.434. The monoisotopic (exact) mass is 189 g/mol. The van der Waals surface area contributed by atoms with Gasteiger partial charge in [0.1, 0.15) is 5.94 Å². The van der Waals surface area contributed by atoms with Crippen LogP contribution < -0.4 is 5.73 Å². The number of nitrogens with two attached hydrogens (primary N) is 1. The maximum atomic E-state index is 10.7. The van der Waals surface area contributed by atoms with Crippen molar-refractivity contribution in [2.45, 2.75) is 13.3 Å². The second kappa shape index (κ2) is 4.40. The lowest BCUT2D eigenvalue weighted by Crippen LogP contribution is -2.11. The first kappa shape index (κ1) is 10.2. The number of primary amides is 1. The van der Waals surface area contributed by atoms with Gasteiger partial charge in [-0.2, -0.15) is 0 Å². The fourth-order valence-corrected chi connectivity index (χ4v) is 1.06. The Kier molecular flexibility index (Phi) is 3.21. The fourth-order valence-electron chi connectivity index (χ4n) is 1.06. The standard InChI is InChI=1S/C11H11NO2/c1-8(11(12)14)6-9-2-4-10(7-13)5-3-9/h2-4,6H,5H2,1H3,(H2,12,14). The Morgan fingerprint density at radius 2 is 2.29 bits per heavy atom. The third-order valence-corrected chi connectivity index (χ3v) is 1.94. The molecule has 1 aliphatic carbocycles. The Balaban J connectivity index is 2.81. The van der Waals surface area contributed by atoms with Crippen LogP contribution in [0.4, 0.5) is 0 Å². The summed E-state index contributed by atoms with van der Waals surface area (Å²) < 4.78 is 0. The Labute approximate surface area is 82.3 Å². The van der Waals surface area contributed by atoms with Crippen LogP contribution in [0.5, 0.6) is 0 Å². The van der Waals surface area contributed by atoms with E-state index in [-0.39, 0.29) is 0 Å². The minimum Gasteiger partial charge on any atom is -0.366 e. The van der Waals surface area contributed by atoms with E-state index in [9.17, 15) is 9.59 Å². The van der Waals surface area contributed by atoms with E-state index in [1.165, 1.54) is 0 Å². The van der Waals surface area contributed by atoms with Gasteiger partial charge in [0.15, 0.2) is 0 Å². The highest BCUT2D eigenvalue weighted by Gasteiger charge is 2.02. The van der Waals surface area contributed by atoms with Crippen molar-refractivity contribution in [1.82, 2.24) is 0 Å². The molecule has 1 rings (SSSR count). The summed E-state index contributed by atoms with van der Waals surface area (Å²) in [5.41, 5.74) is 7.08. The Hall–Kier alpha value is -1.86. The molecule has 0 aliphatic heterocycles. The topological polar surface area (TPSA) is 60.2 Å². The van der Waals surface area contributed by atoms with Crippen LogP contribution in [-0.2, 0) is 9.59 Å². The van der Waals surface area contributed by atoms with Crippen LogP contribution in [-0.4, -0.2) is 11.8 Å². The van der Waals surface area contributed by atoms with Gasteiger partial charge in [-0.1, -0.05) is 12.2 Å². The van der Waals surface area contributed by atoms with Gasteiger partial charge >= 0.3 is 0 Å². The minimum atomic E-state index is -0.434. The third kappa shape index (κ3) is 2.57. The van der Waals surface area contributed by atoms with E-state index in [0.29, 0.717) is 17.6 Å². The molecule has 3 heteroatoms. The molecular weight excluding hydrogens is 178 g/mol. The average molecular weight is 189 g/mol. The fraction of sp³-hybridized carbons (Fsp3) is 0.182. The van der Waals surface area contributed by atoms with E-state index in [4.69, 9.17) is 5.73 Å². The van der Waals surface area contributed by atoms with Crippen molar-refractivity contribution in [1.29, 1.82) is 0 Å². The largest absolute Gasteiger partial charge is 0.366 e. The molecule has 0 bridgehead atoms. The van der Waals surface area contributed by atoms with E-state index < -0.39 is 5.91 Å². The number of hydrogen-bond acceptors (Lipinski definition) is 2. The second-order valence-electron chi connectivity index (χ2n) is 3.06. The van der Waals surface area contributed by atoms with Crippen LogP contribution in [0.3, 0.4) is 0 Å². The lowest BCUT2D eigenvalue weighted by Gasteiger charge is -2.03. The molecule has 14 heavy (non-hydrogen) atoms. The summed E-state index contributed by atoms with van der Waals surface area (Å²) >= 11 is 0. The summed E-state index contributed by atoms with van der Waals surface area (Å²) in [6.45, 7) is 1.65. The summed E-state index contributed by atoms with van der Waals surface area (Å²) in [5.74, 6) is 1.39. The first-order valence-electron chi connectivity index (χ1n) is 4.24. The molecule has 3 nitrogen and oxygen atoms in total. The molecule has 1 amide bonds. The Morgan fingerprint density at radius 3 is 2.71 bits per heavy atom. The van der Waals surface area contributed by atoms with E-state index in [1.54, 1.807) is 25.2 Å². The zero-order valence-corrected chi connectivity index (χ0v) is 7.91. The number of carbonyl (C=O) groups is 1. The summed E-state index contributed by atoms with van der Waals surface area (Å²) in [6, 6.07) is 0. The summed E-state index contributed by atoms with van der Waals surface area (Å²) in [7, 11) is 0. The molecule has 1 aliphatic rings. The van der Waals surface area contributed by atoms with Crippen LogP contribution in [0.15, 0.2) is 41.0 Å². The van der Waals surface area contributed by atoms with Gasteiger partial charge in [0.2, 0.25) is 5.91 Å². The smallest absolute Gasteiger partial charge is 0.244 e. The predicted octanol–water partition coefficient (Wildman–Crippen LogP) is 1.06. The molecule has 0 aromatic heterocycles. The van der Waals surface area contributed by atoms with Gasteiger partial charge in [0, 0.05) is 17.6 Å². The molecule has 0 saturated heterocycles. The number of hydrogen-bond donors (Lipinski definition) is 1. The molecular formula is C11H11NO2. The van der Waals surface area contributed by atoms with Crippen molar-refractivity contribution < 1.29 is 9.59 Å². The van der Waals surface area contributed by atoms with Crippen molar-refractivity contribution in [3.63, 3.8) is 0 Å². The van der Waals surface area contributed by atoms with Crippen molar-refractivity contribution in [2.75, 3.05) is 0 Å². The lowest BCUT2D eigenvalue weighted by atomic mass is 10.0. The maximum Gasteiger partial charge on any atom is 0.244 e. The molecule has 0 aromatic rings. The van der Waals surface area contributed by atoms with Crippen LogP contribution in [0, 0.1) is 0 Å². The van der Waals surface area contributed by atoms with E-state index in [0.717, 1.165) is 5.57 Å². The molecule has 0 unspecified atom stereocenters. The van der Waals surface area contributed by atoms with Crippen molar-refractivity contribution in [3.8, 4) is 0 Å². The Morgan fingerprint density at radius 1 is 1.57 bits per heavy atom. The van der Waals surface area contributed by atoms with E-state index in [2.05, 4.69) is 0 Å². The molecule has 72 valence electrons. The molecule has 0 spiro atoms. The average Bonchev–Trinajstić information content (AvgIpc) is 2.19. The highest BCUT2D eigenvalue weighted by Crippen LogP contribution is 2.15. The molecule has 0 radical (unpaired) electrons. The lowest BCUT2D eigenvalue weighted by molar-refractivity contribution is -0.114. The normalized spacial score (nSPS) is 16.2. The van der Waals surface area contributed by atoms with Crippen molar-refractivity contribution >= 4 is 11.8 Å². The molecule has 0 heterocycles. The first-order valence-corrected chi connectivity index (χ1v) is 4.24. The van der Waals surface area contributed by atoms with Crippen LogP contribution in [0.2, 0.25) is 0 Å². The summed E-state index contributed by atoms with van der Waals surface area (Å²) in [4.78, 5) is 21.0. The second-order valence-corrected chi connectivity index (χ2v) is 3.06. The maximum absolute atomic E-state index is 10.7. The first-order chi connectivity index (χ1) is 6.63. The Bertz CT molecular complexity index is 394. The van der Waals surface area contributed by atoms with Crippen molar-refractivity contribution in [3.05, 3.63) is 41.0 Å². The highest BCUT2D eigenvalue weighted by atomic mass is 16.1. The summed E-state index contributed by atoms with van der Waals surface area (Å²) in [5, 5.41) is 0. The molecule has 0 aromatic carbocycles. The van der Waals surface area contributed by atoms with Gasteiger partial charge in [-0.25, -0.2) is 4.79 Å². The van der Waals surface area contributed by atoms with Gasteiger partial charge in [-0.05, 0) is 24.6 Å². The van der Waals surface area contributed by atoms with Crippen LogP contribution >= 0.6 is 0 Å². The van der Waals surface area contributed by atoms with Crippen LogP contribution in [0.1, 0.15) is 13.3 Å². The zero-order chi connectivity index (χ0) is 10.6. The molecule has 0 fully saturated rings. The number of allylic oxidation sites excluding steroid dienone is 6. The SMILES string of the molecule is CC(=CC1=CCC(=C=O)C=C1)C(N)=O. The molecule has 2 N–H and O–H groups in total. The van der Waals surface area contributed by atoms with Gasteiger partial charge < -0.3 is 5.73 Å². The van der Waals surface area contributed by atoms with Crippen molar-refractivity contribution in [2.24, 2.45) is 5.73 Å². The van der Waals surface area contributed by atoms with Gasteiger partial charge in [0.25, 0.3) is 0 Å². The number of amides is 1. The predicted molar refractivity (Wildman–Crippen MR) is 54.0 cm³/mol. The zero-order valence-electron chi connectivity index (χ0n) is 7.91.